The third-order valence-electron chi connectivity index (χ3n) is 6.26. The lowest BCUT2D eigenvalue weighted by molar-refractivity contribution is -0.134. The number of para-hydroxylation sites is 2. The number of carbonyl (C=O) groups excluding carboxylic acids is 2. The molecule has 0 unspecified atom stereocenters. The molecular formula is C25H32N2O4. The van der Waals surface area contributed by atoms with Crippen molar-refractivity contribution in [1.82, 2.24) is 10.6 Å². The van der Waals surface area contributed by atoms with E-state index in [4.69, 9.17) is 0 Å². The Morgan fingerprint density at radius 2 is 1.19 bits per heavy atom. The zero-order valence-corrected chi connectivity index (χ0v) is 18.2. The largest absolute Gasteiger partial charge is 0.508 e. The van der Waals surface area contributed by atoms with E-state index in [-0.39, 0.29) is 35.4 Å². The van der Waals surface area contributed by atoms with Gasteiger partial charge in [-0.25, -0.2) is 0 Å². The second-order valence-corrected chi connectivity index (χ2v) is 8.20. The van der Waals surface area contributed by atoms with Crippen LogP contribution in [0.2, 0.25) is 0 Å². The Kier molecular flexibility index (Phi) is 7.55. The number of aromatic hydroxyl groups is 2. The molecule has 0 aromatic heterocycles. The molecule has 3 rings (SSSR count). The molecule has 0 bridgehead atoms. The van der Waals surface area contributed by atoms with Crippen molar-refractivity contribution >= 4 is 11.8 Å². The minimum absolute atomic E-state index is 0.150. The van der Waals surface area contributed by atoms with E-state index in [2.05, 4.69) is 10.6 Å². The molecule has 6 nitrogen and oxygen atoms in total. The molecule has 1 aliphatic rings. The Bertz CT molecular complexity index is 840. The van der Waals surface area contributed by atoms with Crippen LogP contribution in [-0.4, -0.2) is 22.0 Å². The number of rotatable bonds is 8. The van der Waals surface area contributed by atoms with Crippen molar-refractivity contribution in [2.45, 2.75) is 58.0 Å². The molecule has 0 heterocycles. The predicted octanol–water partition coefficient (Wildman–Crippen LogP) is 4.35. The summed E-state index contributed by atoms with van der Waals surface area (Å²) in [5, 5.41) is 26.4. The van der Waals surface area contributed by atoms with Crippen LogP contribution in [0.25, 0.3) is 0 Å². The molecule has 2 aromatic carbocycles. The van der Waals surface area contributed by atoms with Crippen molar-refractivity contribution in [3.63, 3.8) is 0 Å². The molecule has 2 amide bonds. The van der Waals surface area contributed by atoms with Crippen LogP contribution < -0.4 is 10.6 Å². The SMILES string of the molecule is CC[C@H](NC(=O)[C@H]1CCC[C@H]1C(=O)N[C@@H](CC)c1ccccc1O)c1ccccc1O. The Morgan fingerprint density at radius 3 is 1.55 bits per heavy atom. The van der Waals surface area contributed by atoms with Gasteiger partial charge in [0, 0.05) is 23.0 Å². The van der Waals surface area contributed by atoms with E-state index in [0.717, 1.165) is 6.42 Å². The number of hydrogen-bond acceptors (Lipinski definition) is 4. The summed E-state index contributed by atoms with van der Waals surface area (Å²) in [6.45, 7) is 3.91. The van der Waals surface area contributed by atoms with E-state index in [1.54, 1.807) is 36.4 Å². The summed E-state index contributed by atoms with van der Waals surface area (Å²) in [4.78, 5) is 26.2. The molecular weight excluding hydrogens is 392 g/mol. The van der Waals surface area contributed by atoms with Crippen molar-refractivity contribution in [1.29, 1.82) is 0 Å². The molecule has 6 heteroatoms. The van der Waals surface area contributed by atoms with Crippen LogP contribution in [0.5, 0.6) is 11.5 Å². The maximum Gasteiger partial charge on any atom is 0.224 e. The third-order valence-corrected chi connectivity index (χ3v) is 6.26. The summed E-state index contributed by atoms with van der Waals surface area (Å²) in [5.41, 5.74) is 1.37. The first-order valence-electron chi connectivity index (χ1n) is 11.1. The molecule has 0 aliphatic heterocycles. The lowest BCUT2D eigenvalue weighted by Crippen LogP contribution is -2.41. The van der Waals surface area contributed by atoms with Gasteiger partial charge in [-0.15, -0.1) is 0 Å². The molecule has 0 radical (unpaired) electrons. The van der Waals surface area contributed by atoms with E-state index >= 15 is 0 Å². The molecule has 1 aliphatic carbocycles. The number of phenolic OH excluding ortho intramolecular Hbond substituents is 2. The van der Waals surface area contributed by atoms with Gasteiger partial charge in [-0.1, -0.05) is 56.7 Å². The summed E-state index contributed by atoms with van der Waals surface area (Å²) in [6, 6.07) is 13.4. The quantitative estimate of drug-likeness (QED) is 0.506. The Hall–Kier alpha value is -3.02. The highest BCUT2D eigenvalue weighted by atomic mass is 16.3. The first-order valence-corrected chi connectivity index (χ1v) is 11.1. The van der Waals surface area contributed by atoms with Gasteiger partial charge in [-0.05, 0) is 37.8 Å². The standard InChI is InChI=1S/C25H32N2O4/c1-3-20(18-10-5-7-14-22(18)28)26-24(30)16-12-9-13-17(16)25(31)27-21(4-2)19-11-6-8-15-23(19)29/h5-8,10-11,14-17,20-21,28-29H,3-4,9,12-13H2,1-2H3,(H,26,30)(H,27,31)/t16-,17+,20-,21-/m0/s1. The number of carbonyl (C=O) groups is 2. The van der Waals surface area contributed by atoms with Gasteiger partial charge in [0.15, 0.2) is 0 Å². The van der Waals surface area contributed by atoms with Gasteiger partial charge in [0.25, 0.3) is 0 Å². The summed E-state index contributed by atoms with van der Waals surface area (Å²) < 4.78 is 0. The summed E-state index contributed by atoms with van der Waals surface area (Å²) >= 11 is 0. The fraction of sp³-hybridized carbons (Fsp3) is 0.440. The average molecular weight is 425 g/mol. The van der Waals surface area contributed by atoms with Gasteiger partial charge >= 0.3 is 0 Å². The van der Waals surface area contributed by atoms with Crippen molar-refractivity contribution in [2.75, 3.05) is 0 Å². The lowest BCUT2D eigenvalue weighted by Gasteiger charge is -2.25. The third kappa shape index (κ3) is 5.19. The summed E-state index contributed by atoms with van der Waals surface area (Å²) in [6.07, 6.45) is 3.41. The van der Waals surface area contributed by atoms with Crippen molar-refractivity contribution in [2.24, 2.45) is 11.8 Å². The van der Waals surface area contributed by atoms with Crippen LogP contribution in [0.3, 0.4) is 0 Å². The van der Waals surface area contributed by atoms with Gasteiger partial charge in [-0.3, -0.25) is 9.59 Å². The predicted molar refractivity (Wildman–Crippen MR) is 119 cm³/mol. The number of amides is 2. The van der Waals surface area contributed by atoms with Crippen molar-refractivity contribution < 1.29 is 19.8 Å². The average Bonchev–Trinajstić information content (AvgIpc) is 3.27. The zero-order valence-electron chi connectivity index (χ0n) is 18.2. The fourth-order valence-electron chi connectivity index (χ4n) is 4.51. The van der Waals surface area contributed by atoms with E-state index in [0.29, 0.717) is 36.8 Å². The highest BCUT2D eigenvalue weighted by molar-refractivity contribution is 5.88. The maximum absolute atomic E-state index is 13.1. The van der Waals surface area contributed by atoms with Crippen LogP contribution in [0.4, 0.5) is 0 Å². The van der Waals surface area contributed by atoms with Crippen LogP contribution in [0.15, 0.2) is 48.5 Å². The molecule has 0 saturated heterocycles. The normalized spacial score (nSPS) is 20.1. The van der Waals surface area contributed by atoms with E-state index < -0.39 is 11.8 Å². The van der Waals surface area contributed by atoms with Gasteiger partial charge in [0.2, 0.25) is 11.8 Å². The fourth-order valence-corrected chi connectivity index (χ4v) is 4.51. The highest BCUT2D eigenvalue weighted by Gasteiger charge is 2.39. The molecule has 2 aromatic rings. The second kappa shape index (κ2) is 10.3. The van der Waals surface area contributed by atoms with Gasteiger partial charge in [0.1, 0.15) is 11.5 Å². The molecule has 31 heavy (non-hydrogen) atoms. The first-order chi connectivity index (χ1) is 15.0. The van der Waals surface area contributed by atoms with Crippen LogP contribution >= 0.6 is 0 Å². The Morgan fingerprint density at radius 1 is 0.806 bits per heavy atom. The summed E-state index contributed by atoms with van der Waals surface area (Å²) in [7, 11) is 0. The van der Waals surface area contributed by atoms with Crippen LogP contribution in [0.1, 0.15) is 69.2 Å². The second-order valence-electron chi connectivity index (χ2n) is 8.20. The smallest absolute Gasteiger partial charge is 0.224 e. The van der Waals surface area contributed by atoms with Crippen LogP contribution in [-0.2, 0) is 9.59 Å². The minimum Gasteiger partial charge on any atom is -0.508 e. The summed E-state index contributed by atoms with van der Waals surface area (Å²) in [5.74, 6) is -0.789. The number of nitrogens with one attached hydrogen (secondary N) is 2. The van der Waals surface area contributed by atoms with E-state index in [9.17, 15) is 19.8 Å². The topological polar surface area (TPSA) is 98.7 Å². The monoisotopic (exact) mass is 424 g/mol. The number of phenols is 2. The van der Waals surface area contributed by atoms with E-state index in [1.165, 1.54) is 0 Å². The Balaban J connectivity index is 1.69. The maximum atomic E-state index is 13.1. The number of benzene rings is 2. The molecule has 1 saturated carbocycles. The van der Waals surface area contributed by atoms with Gasteiger partial charge in [-0.2, -0.15) is 0 Å². The minimum atomic E-state index is -0.401. The first kappa shape index (κ1) is 22.7. The molecule has 4 N–H and O–H groups in total. The van der Waals surface area contributed by atoms with Gasteiger partial charge in [0.05, 0.1) is 12.1 Å². The lowest BCUT2D eigenvalue weighted by atomic mass is 9.92. The van der Waals surface area contributed by atoms with E-state index in [1.807, 2.05) is 26.0 Å². The molecule has 1 fully saturated rings. The van der Waals surface area contributed by atoms with Crippen LogP contribution in [0, 0.1) is 11.8 Å². The van der Waals surface area contributed by atoms with Crippen molar-refractivity contribution in [3.05, 3.63) is 59.7 Å². The van der Waals surface area contributed by atoms with Gasteiger partial charge < -0.3 is 20.8 Å². The Labute approximate surface area is 183 Å². The highest BCUT2D eigenvalue weighted by Crippen LogP contribution is 2.35. The zero-order chi connectivity index (χ0) is 22.4. The number of hydrogen-bond donors (Lipinski definition) is 4. The van der Waals surface area contributed by atoms with Crippen molar-refractivity contribution in [3.8, 4) is 11.5 Å². The molecule has 0 spiro atoms. The molecule has 4 atom stereocenters. The molecule has 166 valence electrons.